The minimum Gasteiger partial charge on any atom is -0.496 e. The molecule has 0 radical (unpaired) electrons. The average molecular weight is 258 g/mol. The van der Waals surface area contributed by atoms with E-state index in [1.807, 2.05) is 49.4 Å². The lowest BCUT2D eigenvalue weighted by Gasteiger charge is -2.10. The van der Waals surface area contributed by atoms with Crippen LogP contribution >= 0.6 is 0 Å². The van der Waals surface area contributed by atoms with Crippen LogP contribution in [-0.4, -0.2) is 18.7 Å². The fourth-order valence-electron chi connectivity index (χ4n) is 1.78. The molecule has 0 aliphatic heterocycles. The molecule has 2 rings (SSSR count). The van der Waals surface area contributed by atoms with Gasteiger partial charge in [-0.1, -0.05) is 24.3 Å². The van der Waals surface area contributed by atoms with Crippen molar-refractivity contribution in [3.05, 3.63) is 48.0 Å². The molecule has 1 heterocycles. The second kappa shape index (κ2) is 6.64. The number of nitrogens with one attached hydrogen (secondary N) is 1. The monoisotopic (exact) mass is 258 g/mol. The summed E-state index contributed by atoms with van der Waals surface area (Å²) < 4.78 is 10.7. The van der Waals surface area contributed by atoms with E-state index in [0.29, 0.717) is 19.0 Å². The Hall–Kier alpha value is -2.23. The third kappa shape index (κ3) is 3.61. The molecule has 1 aromatic carbocycles. The molecule has 19 heavy (non-hydrogen) atoms. The van der Waals surface area contributed by atoms with Gasteiger partial charge in [-0.3, -0.25) is 0 Å². The largest absolute Gasteiger partial charge is 0.496 e. The van der Waals surface area contributed by atoms with E-state index in [2.05, 4.69) is 10.3 Å². The number of pyridine rings is 1. The first kappa shape index (κ1) is 13.2. The molecule has 1 N–H and O–H groups in total. The van der Waals surface area contributed by atoms with Gasteiger partial charge in [0, 0.05) is 18.2 Å². The number of methoxy groups -OCH3 is 1. The molecule has 0 saturated carbocycles. The molecule has 0 amide bonds. The SMILES string of the molecule is CCOc1cccc(NCc2ccccc2OC)n1. The van der Waals surface area contributed by atoms with Gasteiger partial charge in [-0.15, -0.1) is 0 Å². The predicted octanol–water partition coefficient (Wildman–Crippen LogP) is 3.10. The highest BCUT2D eigenvalue weighted by Crippen LogP contribution is 2.19. The molecule has 0 fully saturated rings. The van der Waals surface area contributed by atoms with Crippen LogP contribution in [0.25, 0.3) is 0 Å². The van der Waals surface area contributed by atoms with Gasteiger partial charge in [-0.05, 0) is 19.1 Å². The van der Waals surface area contributed by atoms with Crippen LogP contribution < -0.4 is 14.8 Å². The number of hydrogen-bond donors (Lipinski definition) is 1. The van der Waals surface area contributed by atoms with Gasteiger partial charge in [0.2, 0.25) is 5.88 Å². The fourth-order valence-corrected chi connectivity index (χ4v) is 1.78. The summed E-state index contributed by atoms with van der Waals surface area (Å²) in [6.45, 7) is 3.21. The summed E-state index contributed by atoms with van der Waals surface area (Å²) in [6.07, 6.45) is 0. The molecule has 0 aliphatic rings. The summed E-state index contributed by atoms with van der Waals surface area (Å²) in [4.78, 5) is 4.36. The molecule has 100 valence electrons. The number of benzene rings is 1. The lowest BCUT2D eigenvalue weighted by molar-refractivity contribution is 0.327. The summed E-state index contributed by atoms with van der Waals surface area (Å²) >= 11 is 0. The minimum absolute atomic E-state index is 0.614. The Bertz CT molecular complexity index is 529. The van der Waals surface area contributed by atoms with Gasteiger partial charge in [0.25, 0.3) is 0 Å². The topological polar surface area (TPSA) is 43.4 Å². The predicted molar refractivity (Wildman–Crippen MR) is 75.7 cm³/mol. The van der Waals surface area contributed by atoms with Crippen LogP contribution in [-0.2, 0) is 6.54 Å². The van der Waals surface area contributed by atoms with Crippen LogP contribution in [0, 0.1) is 0 Å². The molecule has 4 nitrogen and oxygen atoms in total. The Morgan fingerprint density at radius 2 is 1.95 bits per heavy atom. The van der Waals surface area contributed by atoms with Crippen LogP contribution in [0.4, 0.5) is 5.82 Å². The van der Waals surface area contributed by atoms with Gasteiger partial charge in [0.15, 0.2) is 0 Å². The van der Waals surface area contributed by atoms with Crippen LogP contribution in [0.15, 0.2) is 42.5 Å². The number of hydrogen-bond acceptors (Lipinski definition) is 4. The van der Waals surface area contributed by atoms with Crippen LogP contribution in [0.2, 0.25) is 0 Å². The summed E-state index contributed by atoms with van der Waals surface area (Å²) in [5.41, 5.74) is 1.09. The normalized spacial score (nSPS) is 10.0. The Kier molecular flexibility index (Phi) is 4.61. The number of nitrogens with zero attached hydrogens (tertiary/aromatic N) is 1. The van der Waals surface area contributed by atoms with E-state index in [9.17, 15) is 0 Å². The highest BCUT2D eigenvalue weighted by molar-refractivity contribution is 5.41. The van der Waals surface area contributed by atoms with Gasteiger partial charge < -0.3 is 14.8 Å². The number of rotatable bonds is 6. The fraction of sp³-hybridized carbons (Fsp3) is 0.267. The van der Waals surface area contributed by atoms with Crippen LogP contribution in [0.3, 0.4) is 0 Å². The van der Waals surface area contributed by atoms with Crippen molar-refractivity contribution in [3.8, 4) is 11.6 Å². The second-order valence-electron chi connectivity index (χ2n) is 3.96. The van der Waals surface area contributed by atoms with Crippen molar-refractivity contribution < 1.29 is 9.47 Å². The molecule has 0 spiro atoms. The van der Waals surface area contributed by atoms with Crippen molar-refractivity contribution >= 4 is 5.82 Å². The van der Waals surface area contributed by atoms with Crippen molar-refractivity contribution in [1.29, 1.82) is 0 Å². The maximum atomic E-state index is 5.37. The van der Waals surface area contributed by atoms with Crippen LogP contribution in [0.5, 0.6) is 11.6 Å². The smallest absolute Gasteiger partial charge is 0.215 e. The lowest BCUT2D eigenvalue weighted by atomic mass is 10.2. The van der Waals surface area contributed by atoms with Crippen molar-refractivity contribution in [3.63, 3.8) is 0 Å². The maximum absolute atomic E-state index is 5.37. The van der Waals surface area contributed by atoms with E-state index >= 15 is 0 Å². The number of para-hydroxylation sites is 1. The lowest BCUT2D eigenvalue weighted by Crippen LogP contribution is -2.04. The quantitative estimate of drug-likeness (QED) is 0.864. The standard InChI is InChI=1S/C15H18N2O2/c1-3-19-15-10-6-9-14(17-15)16-11-12-7-4-5-8-13(12)18-2/h4-10H,3,11H2,1-2H3,(H,16,17). The van der Waals surface area contributed by atoms with Gasteiger partial charge in [0.1, 0.15) is 11.6 Å². The third-order valence-corrected chi connectivity index (χ3v) is 2.67. The molecule has 2 aromatic rings. The van der Waals surface area contributed by atoms with Gasteiger partial charge in [0.05, 0.1) is 13.7 Å². The maximum Gasteiger partial charge on any atom is 0.215 e. The number of ether oxygens (including phenoxy) is 2. The Balaban J connectivity index is 2.03. The van der Waals surface area contributed by atoms with E-state index in [1.165, 1.54) is 0 Å². The van der Waals surface area contributed by atoms with E-state index in [1.54, 1.807) is 7.11 Å². The highest BCUT2D eigenvalue weighted by atomic mass is 16.5. The van der Waals surface area contributed by atoms with Crippen molar-refractivity contribution in [1.82, 2.24) is 4.98 Å². The zero-order valence-electron chi connectivity index (χ0n) is 11.2. The summed E-state index contributed by atoms with van der Waals surface area (Å²) in [5.74, 6) is 2.29. The van der Waals surface area contributed by atoms with Crippen LogP contribution in [0.1, 0.15) is 12.5 Å². The Labute approximate surface area is 113 Å². The average Bonchev–Trinajstić information content (AvgIpc) is 2.46. The molecule has 0 saturated heterocycles. The van der Waals surface area contributed by atoms with Crippen molar-refractivity contribution in [2.45, 2.75) is 13.5 Å². The van der Waals surface area contributed by atoms with E-state index in [-0.39, 0.29) is 0 Å². The third-order valence-electron chi connectivity index (χ3n) is 2.67. The number of aromatic nitrogens is 1. The molecule has 4 heteroatoms. The summed E-state index contributed by atoms with van der Waals surface area (Å²) in [7, 11) is 1.67. The zero-order chi connectivity index (χ0) is 13.5. The Morgan fingerprint density at radius 1 is 1.11 bits per heavy atom. The zero-order valence-corrected chi connectivity index (χ0v) is 11.2. The van der Waals surface area contributed by atoms with Gasteiger partial charge >= 0.3 is 0 Å². The molecular formula is C15H18N2O2. The van der Waals surface area contributed by atoms with E-state index in [0.717, 1.165) is 17.1 Å². The first-order valence-corrected chi connectivity index (χ1v) is 6.29. The molecule has 0 bridgehead atoms. The first-order chi connectivity index (χ1) is 9.33. The first-order valence-electron chi connectivity index (χ1n) is 6.29. The molecule has 1 aromatic heterocycles. The van der Waals surface area contributed by atoms with Crippen molar-refractivity contribution in [2.75, 3.05) is 19.0 Å². The van der Waals surface area contributed by atoms with E-state index in [4.69, 9.17) is 9.47 Å². The molecular weight excluding hydrogens is 240 g/mol. The van der Waals surface area contributed by atoms with E-state index < -0.39 is 0 Å². The Morgan fingerprint density at radius 3 is 2.74 bits per heavy atom. The molecule has 0 unspecified atom stereocenters. The summed E-state index contributed by atoms with van der Waals surface area (Å²) in [5, 5.41) is 3.26. The summed E-state index contributed by atoms with van der Waals surface area (Å²) in [6, 6.07) is 13.6. The molecule has 0 aliphatic carbocycles. The van der Waals surface area contributed by atoms with Gasteiger partial charge in [-0.2, -0.15) is 4.98 Å². The highest BCUT2D eigenvalue weighted by Gasteiger charge is 2.02. The van der Waals surface area contributed by atoms with Crippen molar-refractivity contribution in [2.24, 2.45) is 0 Å². The second-order valence-corrected chi connectivity index (χ2v) is 3.96. The minimum atomic E-state index is 0.614. The molecule has 0 atom stereocenters. The van der Waals surface area contributed by atoms with Gasteiger partial charge in [-0.25, -0.2) is 0 Å². The number of anilines is 1.